The number of hydrogen-bond donors (Lipinski definition) is 1. The highest BCUT2D eigenvalue weighted by molar-refractivity contribution is 6.34. The molecule has 5 nitrogen and oxygen atoms in total. The molecule has 4 aromatic rings. The third-order valence-electron chi connectivity index (χ3n) is 4.33. The first-order valence-corrected chi connectivity index (χ1v) is 8.80. The highest BCUT2D eigenvalue weighted by atomic mass is 35.5. The number of anilines is 1. The maximum absolute atomic E-state index is 13.0. The van der Waals surface area contributed by atoms with E-state index in [1.165, 1.54) is 0 Å². The van der Waals surface area contributed by atoms with Crippen LogP contribution in [-0.2, 0) is 0 Å². The van der Waals surface area contributed by atoms with E-state index in [0.717, 1.165) is 11.1 Å². The summed E-state index contributed by atoms with van der Waals surface area (Å²) in [6.07, 6.45) is 0. The molecular weight excluding hydrogens is 362 g/mol. The van der Waals surface area contributed by atoms with Crippen molar-refractivity contribution in [3.63, 3.8) is 0 Å². The van der Waals surface area contributed by atoms with Gasteiger partial charge >= 0.3 is 0 Å². The summed E-state index contributed by atoms with van der Waals surface area (Å²) in [6.45, 7) is 3.80. The van der Waals surface area contributed by atoms with Crippen LogP contribution < -0.4 is 5.32 Å². The second kappa shape index (κ2) is 6.85. The maximum atomic E-state index is 13.0. The number of carbonyl (C=O) groups is 1. The lowest BCUT2D eigenvalue weighted by Crippen LogP contribution is -2.13. The zero-order chi connectivity index (χ0) is 19.0. The molecule has 27 heavy (non-hydrogen) atoms. The minimum atomic E-state index is -0.296. The Morgan fingerprint density at radius 1 is 1.07 bits per heavy atom. The molecular formula is C21H16ClN3O2. The number of benzene rings is 2. The van der Waals surface area contributed by atoms with Crippen molar-refractivity contribution in [3.8, 4) is 11.3 Å². The molecule has 2 aromatic carbocycles. The molecule has 0 saturated heterocycles. The Labute approximate surface area is 161 Å². The first-order valence-electron chi connectivity index (χ1n) is 8.43. The summed E-state index contributed by atoms with van der Waals surface area (Å²) in [5.74, 6) is -0.296. The molecule has 0 aliphatic rings. The van der Waals surface area contributed by atoms with Crippen LogP contribution in [0.4, 0.5) is 5.69 Å². The molecule has 2 aromatic heterocycles. The van der Waals surface area contributed by atoms with E-state index in [-0.39, 0.29) is 5.91 Å². The zero-order valence-electron chi connectivity index (χ0n) is 14.8. The molecule has 0 unspecified atom stereocenters. The number of nitrogens with one attached hydrogen (secondary N) is 1. The lowest BCUT2D eigenvalue weighted by atomic mass is 10.0. The van der Waals surface area contributed by atoms with Gasteiger partial charge in [0.25, 0.3) is 11.6 Å². The van der Waals surface area contributed by atoms with Crippen molar-refractivity contribution in [1.29, 1.82) is 0 Å². The minimum Gasteiger partial charge on any atom is -0.335 e. The fraction of sp³-hybridized carbons (Fsp3) is 0.0952. The standard InChI is InChI=1S/C21H16ClN3O2/c1-12-7-9-14(10-8-12)18-11-15(19-13(2)25-27-21(19)24-18)20(26)23-17-6-4-3-5-16(17)22/h3-11H,1-2H3,(H,23,26). The molecule has 2 heterocycles. The summed E-state index contributed by atoms with van der Waals surface area (Å²) in [5, 5.41) is 7.89. The third kappa shape index (κ3) is 3.29. The molecule has 6 heteroatoms. The van der Waals surface area contributed by atoms with Crippen LogP contribution in [0.1, 0.15) is 21.6 Å². The number of rotatable bonds is 3. The van der Waals surface area contributed by atoms with Crippen LogP contribution >= 0.6 is 11.6 Å². The van der Waals surface area contributed by atoms with Crippen LogP contribution in [0.15, 0.2) is 59.1 Å². The van der Waals surface area contributed by atoms with E-state index >= 15 is 0 Å². The van der Waals surface area contributed by atoms with Crippen molar-refractivity contribution in [3.05, 3.63) is 76.4 Å². The Kier molecular flexibility index (Phi) is 4.38. The normalized spacial score (nSPS) is 10.9. The number of nitrogens with zero attached hydrogens (tertiary/aromatic N) is 2. The SMILES string of the molecule is Cc1ccc(-c2cc(C(=O)Nc3ccccc3Cl)c3c(C)noc3n2)cc1. The van der Waals surface area contributed by atoms with Crippen LogP contribution in [0.5, 0.6) is 0 Å². The second-order valence-electron chi connectivity index (χ2n) is 6.30. The van der Waals surface area contributed by atoms with Gasteiger partial charge in [0.2, 0.25) is 0 Å². The lowest BCUT2D eigenvalue weighted by Gasteiger charge is -2.09. The predicted molar refractivity (Wildman–Crippen MR) is 106 cm³/mol. The Balaban J connectivity index is 1.83. The Morgan fingerprint density at radius 3 is 2.56 bits per heavy atom. The molecule has 0 bridgehead atoms. The summed E-state index contributed by atoms with van der Waals surface area (Å²) < 4.78 is 5.33. The van der Waals surface area contributed by atoms with Gasteiger partial charge < -0.3 is 9.84 Å². The highest BCUT2D eigenvalue weighted by Gasteiger charge is 2.20. The van der Waals surface area contributed by atoms with Gasteiger partial charge in [-0.1, -0.05) is 58.7 Å². The third-order valence-corrected chi connectivity index (χ3v) is 4.66. The van der Waals surface area contributed by atoms with Crippen molar-refractivity contribution in [1.82, 2.24) is 10.1 Å². The summed E-state index contributed by atoms with van der Waals surface area (Å²) >= 11 is 6.17. The quantitative estimate of drug-likeness (QED) is 0.518. The number of halogens is 1. The topological polar surface area (TPSA) is 68.0 Å². The van der Waals surface area contributed by atoms with Crippen LogP contribution in [0, 0.1) is 13.8 Å². The second-order valence-corrected chi connectivity index (χ2v) is 6.71. The van der Waals surface area contributed by atoms with Crippen molar-refractivity contribution in [2.45, 2.75) is 13.8 Å². The molecule has 0 atom stereocenters. The van der Waals surface area contributed by atoms with E-state index in [1.807, 2.05) is 43.3 Å². The van der Waals surface area contributed by atoms with Gasteiger partial charge in [0.1, 0.15) is 0 Å². The molecule has 0 fully saturated rings. The van der Waals surface area contributed by atoms with Crippen LogP contribution in [0.3, 0.4) is 0 Å². The summed E-state index contributed by atoms with van der Waals surface area (Å²) in [6, 6.07) is 16.8. The first kappa shape index (κ1) is 17.2. The van der Waals surface area contributed by atoms with E-state index < -0.39 is 0 Å². The van der Waals surface area contributed by atoms with E-state index in [0.29, 0.717) is 38.8 Å². The van der Waals surface area contributed by atoms with E-state index in [9.17, 15) is 4.79 Å². The number of carbonyl (C=O) groups excluding carboxylic acids is 1. The number of amides is 1. The summed E-state index contributed by atoms with van der Waals surface area (Å²) in [4.78, 5) is 17.5. The maximum Gasteiger partial charge on any atom is 0.259 e. The van der Waals surface area contributed by atoms with Gasteiger partial charge in [-0.25, -0.2) is 4.98 Å². The monoisotopic (exact) mass is 377 g/mol. The summed E-state index contributed by atoms with van der Waals surface area (Å²) in [5.41, 5.74) is 4.60. The number of pyridine rings is 1. The lowest BCUT2D eigenvalue weighted by molar-refractivity contribution is 0.102. The zero-order valence-corrected chi connectivity index (χ0v) is 15.5. The first-order chi connectivity index (χ1) is 13.0. The van der Waals surface area contributed by atoms with Crippen LogP contribution in [0.2, 0.25) is 5.02 Å². The number of fused-ring (bicyclic) bond motifs is 1. The molecule has 1 amide bonds. The number of aromatic nitrogens is 2. The smallest absolute Gasteiger partial charge is 0.259 e. The Morgan fingerprint density at radius 2 is 1.81 bits per heavy atom. The van der Waals surface area contributed by atoms with Crippen LogP contribution in [0.25, 0.3) is 22.4 Å². The molecule has 0 spiro atoms. The number of aryl methyl sites for hydroxylation is 2. The molecule has 0 aliphatic heterocycles. The van der Waals surface area contributed by atoms with Crippen molar-refractivity contribution < 1.29 is 9.32 Å². The van der Waals surface area contributed by atoms with Crippen molar-refractivity contribution in [2.24, 2.45) is 0 Å². The van der Waals surface area contributed by atoms with Gasteiger partial charge in [-0.05, 0) is 32.0 Å². The molecule has 134 valence electrons. The predicted octanol–water partition coefficient (Wildman–Crippen LogP) is 5.41. The highest BCUT2D eigenvalue weighted by Crippen LogP contribution is 2.29. The minimum absolute atomic E-state index is 0.296. The fourth-order valence-corrected chi connectivity index (χ4v) is 3.08. The summed E-state index contributed by atoms with van der Waals surface area (Å²) in [7, 11) is 0. The Bertz CT molecular complexity index is 1150. The van der Waals surface area contributed by atoms with Crippen LogP contribution in [-0.4, -0.2) is 16.0 Å². The van der Waals surface area contributed by atoms with Gasteiger partial charge in [0.05, 0.1) is 33.0 Å². The molecule has 0 saturated carbocycles. The van der Waals surface area contributed by atoms with E-state index in [4.69, 9.17) is 16.1 Å². The Hall–Kier alpha value is -3.18. The van der Waals surface area contributed by atoms with Crippen molar-refractivity contribution >= 4 is 34.3 Å². The molecule has 0 radical (unpaired) electrons. The van der Waals surface area contributed by atoms with Gasteiger partial charge in [-0.3, -0.25) is 4.79 Å². The van der Waals surface area contributed by atoms with Gasteiger partial charge in [0.15, 0.2) is 0 Å². The average Bonchev–Trinajstić information content (AvgIpc) is 3.04. The van der Waals surface area contributed by atoms with Gasteiger partial charge in [-0.15, -0.1) is 0 Å². The van der Waals surface area contributed by atoms with Crippen molar-refractivity contribution in [2.75, 3.05) is 5.32 Å². The molecule has 1 N–H and O–H groups in total. The molecule has 4 rings (SSSR count). The van der Waals surface area contributed by atoms with Gasteiger partial charge in [0, 0.05) is 5.56 Å². The van der Waals surface area contributed by atoms with E-state index in [1.54, 1.807) is 25.1 Å². The fourth-order valence-electron chi connectivity index (χ4n) is 2.90. The number of para-hydroxylation sites is 1. The molecule has 0 aliphatic carbocycles. The largest absolute Gasteiger partial charge is 0.335 e. The van der Waals surface area contributed by atoms with Gasteiger partial charge in [-0.2, -0.15) is 0 Å². The number of hydrogen-bond acceptors (Lipinski definition) is 4. The average molecular weight is 378 g/mol. The van der Waals surface area contributed by atoms with E-state index in [2.05, 4.69) is 15.5 Å².